The third kappa shape index (κ3) is 6.91. The van der Waals surface area contributed by atoms with Crippen LogP contribution in [0.5, 0.6) is 0 Å². The van der Waals surface area contributed by atoms with Crippen LogP contribution in [0.25, 0.3) is 0 Å². The SMILES string of the molecule is CC(=O)CNC(=O)[C@@H](NC(=O)OC(C)(C)C)C1CCCCC1. The van der Waals surface area contributed by atoms with Crippen LogP contribution in [0.4, 0.5) is 4.79 Å². The first-order valence-electron chi connectivity index (χ1n) is 7.95. The number of ketones is 1. The van der Waals surface area contributed by atoms with Gasteiger partial charge in [0.25, 0.3) is 0 Å². The Labute approximate surface area is 132 Å². The van der Waals surface area contributed by atoms with Gasteiger partial charge in [0, 0.05) is 0 Å². The van der Waals surface area contributed by atoms with E-state index in [0.717, 1.165) is 32.1 Å². The molecule has 1 saturated carbocycles. The lowest BCUT2D eigenvalue weighted by molar-refractivity contribution is -0.127. The molecule has 0 aromatic rings. The fourth-order valence-electron chi connectivity index (χ4n) is 2.62. The molecule has 2 N–H and O–H groups in total. The first-order chi connectivity index (χ1) is 10.2. The molecule has 0 saturated heterocycles. The number of Topliss-reactive ketones (excluding diaryl/α,β-unsaturated/α-hetero) is 1. The Morgan fingerprint density at radius 1 is 1.14 bits per heavy atom. The zero-order valence-electron chi connectivity index (χ0n) is 14.0. The van der Waals surface area contributed by atoms with E-state index in [1.807, 2.05) is 0 Å². The van der Waals surface area contributed by atoms with Gasteiger partial charge in [-0.25, -0.2) is 4.79 Å². The lowest BCUT2D eigenvalue weighted by atomic mass is 9.83. The van der Waals surface area contributed by atoms with Crippen molar-refractivity contribution in [3.63, 3.8) is 0 Å². The van der Waals surface area contributed by atoms with E-state index in [-0.39, 0.29) is 24.2 Å². The number of carbonyl (C=O) groups is 3. The molecule has 1 aliphatic rings. The van der Waals surface area contributed by atoms with E-state index >= 15 is 0 Å². The van der Waals surface area contributed by atoms with E-state index in [1.165, 1.54) is 6.92 Å². The summed E-state index contributed by atoms with van der Waals surface area (Å²) in [7, 11) is 0. The van der Waals surface area contributed by atoms with Crippen LogP contribution < -0.4 is 10.6 Å². The average Bonchev–Trinajstić information content (AvgIpc) is 2.41. The van der Waals surface area contributed by atoms with E-state index in [1.54, 1.807) is 20.8 Å². The number of rotatable bonds is 5. The molecule has 2 amide bonds. The molecule has 1 aliphatic carbocycles. The van der Waals surface area contributed by atoms with Crippen molar-refractivity contribution in [1.29, 1.82) is 0 Å². The van der Waals surface area contributed by atoms with E-state index in [9.17, 15) is 14.4 Å². The number of amides is 2. The highest BCUT2D eigenvalue weighted by Gasteiger charge is 2.32. The molecule has 22 heavy (non-hydrogen) atoms. The summed E-state index contributed by atoms with van der Waals surface area (Å²) in [6, 6.07) is -0.644. The second kappa shape index (κ2) is 8.15. The zero-order chi connectivity index (χ0) is 16.8. The molecule has 0 aliphatic heterocycles. The van der Waals surface area contributed by atoms with Crippen molar-refractivity contribution in [2.24, 2.45) is 5.92 Å². The molecule has 1 fully saturated rings. The van der Waals surface area contributed by atoms with Gasteiger partial charge in [0.1, 0.15) is 17.4 Å². The molecule has 0 spiro atoms. The fourth-order valence-corrected chi connectivity index (χ4v) is 2.62. The molecule has 6 nitrogen and oxygen atoms in total. The van der Waals surface area contributed by atoms with Crippen molar-refractivity contribution < 1.29 is 19.1 Å². The van der Waals surface area contributed by atoms with Gasteiger partial charge in [-0.15, -0.1) is 0 Å². The minimum Gasteiger partial charge on any atom is -0.444 e. The summed E-state index contributed by atoms with van der Waals surface area (Å²) in [5.74, 6) is -0.339. The molecular weight excluding hydrogens is 284 g/mol. The molecule has 0 aromatic heterocycles. The highest BCUT2D eigenvalue weighted by atomic mass is 16.6. The minimum atomic E-state index is -0.644. The van der Waals surface area contributed by atoms with Crippen LogP contribution in [0.2, 0.25) is 0 Å². The first-order valence-corrected chi connectivity index (χ1v) is 7.95. The normalized spacial score (nSPS) is 17.5. The van der Waals surface area contributed by atoms with E-state index in [0.29, 0.717) is 0 Å². The Kier molecular flexibility index (Phi) is 6.84. The Morgan fingerprint density at radius 2 is 1.73 bits per heavy atom. The number of hydrogen-bond donors (Lipinski definition) is 2. The van der Waals surface area contributed by atoms with Crippen molar-refractivity contribution in [3.05, 3.63) is 0 Å². The second-order valence-electron chi connectivity index (χ2n) is 6.94. The van der Waals surface area contributed by atoms with Crippen molar-refractivity contribution in [2.45, 2.75) is 71.4 Å². The molecule has 126 valence electrons. The quantitative estimate of drug-likeness (QED) is 0.815. The predicted octanol–water partition coefficient (Wildman–Crippen LogP) is 2.17. The largest absolute Gasteiger partial charge is 0.444 e. The molecule has 0 aromatic carbocycles. The molecule has 1 rings (SSSR count). The molecule has 0 radical (unpaired) electrons. The smallest absolute Gasteiger partial charge is 0.408 e. The third-order valence-electron chi connectivity index (χ3n) is 3.59. The van der Waals surface area contributed by atoms with E-state index in [4.69, 9.17) is 4.74 Å². The van der Waals surface area contributed by atoms with Crippen molar-refractivity contribution in [1.82, 2.24) is 10.6 Å². The van der Waals surface area contributed by atoms with Crippen LogP contribution in [-0.4, -0.2) is 36.0 Å². The number of hydrogen-bond acceptors (Lipinski definition) is 4. The number of ether oxygens (including phenoxy) is 1. The molecule has 0 bridgehead atoms. The molecule has 1 atom stereocenters. The Morgan fingerprint density at radius 3 is 2.23 bits per heavy atom. The van der Waals surface area contributed by atoms with Crippen LogP contribution in [0.3, 0.4) is 0 Å². The summed E-state index contributed by atoms with van der Waals surface area (Å²) in [4.78, 5) is 35.3. The Hall–Kier alpha value is -1.59. The van der Waals surface area contributed by atoms with Gasteiger partial charge in [-0.2, -0.15) is 0 Å². The lowest BCUT2D eigenvalue weighted by Crippen LogP contribution is -2.53. The summed E-state index contributed by atoms with van der Waals surface area (Å²) < 4.78 is 5.24. The van der Waals surface area contributed by atoms with Gasteiger partial charge < -0.3 is 15.4 Å². The van der Waals surface area contributed by atoms with E-state index < -0.39 is 17.7 Å². The summed E-state index contributed by atoms with van der Waals surface area (Å²) in [6.07, 6.45) is 4.46. The minimum absolute atomic E-state index is 0.0158. The van der Waals surface area contributed by atoms with E-state index in [2.05, 4.69) is 10.6 Å². The van der Waals surface area contributed by atoms with Crippen LogP contribution in [0.15, 0.2) is 0 Å². The van der Waals surface area contributed by atoms with Crippen LogP contribution in [0.1, 0.15) is 59.8 Å². The standard InChI is InChI=1S/C16H28N2O4/c1-11(19)10-17-14(20)13(12-8-6-5-7-9-12)18-15(21)22-16(2,3)4/h12-13H,5-10H2,1-4H3,(H,17,20)(H,18,21)/t13-/m0/s1. The number of nitrogens with one attached hydrogen (secondary N) is 2. The Balaban J connectivity index is 2.70. The molecular formula is C16H28N2O4. The predicted molar refractivity (Wildman–Crippen MR) is 83.4 cm³/mol. The van der Waals surface area contributed by atoms with Gasteiger partial charge in [0.15, 0.2) is 0 Å². The van der Waals surface area contributed by atoms with Crippen molar-refractivity contribution >= 4 is 17.8 Å². The maximum absolute atomic E-state index is 12.3. The first kappa shape index (κ1) is 18.5. The summed E-state index contributed by atoms with van der Waals surface area (Å²) in [5, 5.41) is 5.27. The van der Waals surface area contributed by atoms with Gasteiger partial charge in [0.2, 0.25) is 5.91 Å². The van der Waals surface area contributed by atoms with Gasteiger partial charge in [-0.3, -0.25) is 9.59 Å². The van der Waals surface area contributed by atoms with Gasteiger partial charge in [-0.1, -0.05) is 19.3 Å². The van der Waals surface area contributed by atoms with Crippen molar-refractivity contribution in [2.75, 3.05) is 6.54 Å². The maximum atomic E-state index is 12.3. The topological polar surface area (TPSA) is 84.5 Å². The summed E-state index contributed by atoms with van der Waals surface area (Å²) >= 11 is 0. The molecule has 0 heterocycles. The highest BCUT2D eigenvalue weighted by Crippen LogP contribution is 2.27. The average molecular weight is 312 g/mol. The third-order valence-corrected chi connectivity index (χ3v) is 3.59. The molecule has 0 unspecified atom stereocenters. The van der Waals surface area contributed by atoms with Gasteiger partial charge in [0.05, 0.1) is 6.54 Å². The summed E-state index contributed by atoms with van der Waals surface area (Å²) in [5.41, 5.74) is -0.614. The lowest BCUT2D eigenvalue weighted by Gasteiger charge is -2.30. The van der Waals surface area contributed by atoms with Crippen molar-refractivity contribution in [3.8, 4) is 0 Å². The highest BCUT2D eigenvalue weighted by molar-refractivity contribution is 5.89. The van der Waals surface area contributed by atoms with Gasteiger partial charge in [-0.05, 0) is 46.5 Å². The molecule has 6 heteroatoms. The summed E-state index contributed by atoms with van der Waals surface area (Å²) in [6.45, 7) is 6.73. The monoisotopic (exact) mass is 312 g/mol. The second-order valence-corrected chi connectivity index (χ2v) is 6.94. The van der Waals surface area contributed by atoms with Crippen LogP contribution in [-0.2, 0) is 14.3 Å². The maximum Gasteiger partial charge on any atom is 0.408 e. The zero-order valence-corrected chi connectivity index (χ0v) is 14.0. The van der Waals surface area contributed by atoms with Crippen LogP contribution >= 0.6 is 0 Å². The van der Waals surface area contributed by atoms with Gasteiger partial charge >= 0.3 is 6.09 Å². The fraction of sp³-hybridized carbons (Fsp3) is 0.812. The number of alkyl carbamates (subject to hydrolysis) is 1. The Bertz CT molecular complexity index is 409. The van der Waals surface area contributed by atoms with Crippen LogP contribution in [0, 0.1) is 5.92 Å². The number of carbonyl (C=O) groups excluding carboxylic acids is 3.